The van der Waals surface area contributed by atoms with Crippen LogP contribution in [-0.4, -0.2) is 65.2 Å². The smallest absolute Gasteiger partial charge is 0.407 e. The zero-order chi connectivity index (χ0) is 19.2. The van der Waals surface area contributed by atoms with E-state index in [9.17, 15) is 9.59 Å². The van der Waals surface area contributed by atoms with Gasteiger partial charge in [0.1, 0.15) is 5.60 Å². The number of pyridine rings is 1. The zero-order valence-electron chi connectivity index (χ0n) is 16.1. The van der Waals surface area contributed by atoms with Crippen LogP contribution < -0.4 is 10.1 Å². The molecule has 2 fully saturated rings. The van der Waals surface area contributed by atoms with Gasteiger partial charge >= 0.3 is 6.09 Å². The molecule has 0 saturated carbocycles. The SMILES string of the molecule is COc1nc2c(cc1CN1CCC[C@@]3(CNC(=O)O3)C1)C(=O)N(C(C)C)C2. The second kappa shape index (κ2) is 6.67. The summed E-state index contributed by atoms with van der Waals surface area (Å²) in [5.41, 5.74) is 1.89. The molecule has 0 aromatic carbocycles. The lowest BCUT2D eigenvalue weighted by Gasteiger charge is -2.38. The Balaban J connectivity index is 1.56. The van der Waals surface area contributed by atoms with E-state index in [-0.39, 0.29) is 18.0 Å². The Bertz CT molecular complexity index is 781. The van der Waals surface area contributed by atoms with Crippen LogP contribution in [0.25, 0.3) is 0 Å². The second-order valence-corrected chi connectivity index (χ2v) is 7.92. The average molecular weight is 374 g/mol. The van der Waals surface area contributed by atoms with E-state index in [1.165, 1.54) is 0 Å². The summed E-state index contributed by atoms with van der Waals surface area (Å²) in [4.78, 5) is 32.9. The van der Waals surface area contributed by atoms with Gasteiger partial charge in [0.05, 0.1) is 31.5 Å². The van der Waals surface area contributed by atoms with Gasteiger partial charge in [-0.1, -0.05) is 0 Å². The summed E-state index contributed by atoms with van der Waals surface area (Å²) in [6.07, 6.45) is 1.48. The lowest BCUT2D eigenvalue weighted by molar-refractivity contribution is -0.0113. The lowest BCUT2D eigenvalue weighted by atomic mass is 9.92. The first kappa shape index (κ1) is 18.0. The molecule has 1 atom stereocenters. The van der Waals surface area contributed by atoms with Crippen LogP contribution in [0.2, 0.25) is 0 Å². The normalized spacial score (nSPS) is 25.1. The number of carbonyl (C=O) groups is 2. The van der Waals surface area contributed by atoms with Gasteiger partial charge in [0.25, 0.3) is 5.91 Å². The number of fused-ring (bicyclic) bond motifs is 1. The van der Waals surface area contributed by atoms with Crippen LogP contribution in [0, 0.1) is 0 Å². The molecule has 0 aliphatic carbocycles. The molecule has 27 heavy (non-hydrogen) atoms. The molecule has 0 unspecified atom stereocenters. The van der Waals surface area contributed by atoms with Gasteiger partial charge in [0, 0.05) is 24.7 Å². The van der Waals surface area contributed by atoms with Gasteiger partial charge in [-0.3, -0.25) is 9.69 Å². The quantitative estimate of drug-likeness (QED) is 0.860. The maximum atomic E-state index is 12.7. The topological polar surface area (TPSA) is 84.0 Å². The highest BCUT2D eigenvalue weighted by molar-refractivity contribution is 5.98. The molecule has 0 radical (unpaired) electrons. The molecule has 146 valence electrons. The van der Waals surface area contributed by atoms with E-state index in [0.29, 0.717) is 37.6 Å². The minimum absolute atomic E-state index is 0.0282. The van der Waals surface area contributed by atoms with Gasteiger partial charge in [0.15, 0.2) is 0 Å². The third-order valence-corrected chi connectivity index (χ3v) is 5.65. The van der Waals surface area contributed by atoms with Crippen molar-refractivity contribution in [2.24, 2.45) is 0 Å². The minimum Gasteiger partial charge on any atom is -0.481 e. The van der Waals surface area contributed by atoms with E-state index >= 15 is 0 Å². The molecule has 0 bridgehead atoms. The first-order valence-electron chi connectivity index (χ1n) is 9.48. The Morgan fingerprint density at radius 3 is 2.89 bits per heavy atom. The summed E-state index contributed by atoms with van der Waals surface area (Å²) in [5, 5.41) is 2.77. The van der Waals surface area contributed by atoms with Crippen LogP contribution in [0.3, 0.4) is 0 Å². The van der Waals surface area contributed by atoms with Crippen molar-refractivity contribution < 1.29 is 19.1 Å². The highest BCUT2D eigenvalue weighted by Crippen LogP contribution is 2.32. The molecule has 3 aliphatic rings. The molecule has 1 N–H and O–H groups in total. The maximum absolute atomic E-state index is 12.7. The Hall–Kier alpha value is -2.35. The molecular weight excluding hydrogens is 348 g/mol. The predicted molar refractivity (Wildman–Crippen MR) is 97.5 cm³/mol. The number of likely N-dealkylation sites (tertiary alicyclic amines) is 1. The van der Waals surface area contributed by atoms with Gasteiger partial charge in [-0.2, -0.15) is 0 Å². The van der Waals surface area contributed by atoms with Crippen LogP contribution in [0.4, 0.5) is 4.79 Å². The molecule has 3 aliphatic heterocycles. The number of nitrogens with zero attached hydrogens (tertiary/aromatic N) is 3. The Labute approximate surface area is 158 Å². The van der Waals surface area contributed by atoms with Crippen LogP contribution in [0.1, 0.15) is 48.3 Å². The fourth-order valence-corrected chi connectivity index (χ4v) is 4.27. The summed E-state index contributed by atoms with van der Waals surface area (Å²) in [6, 6.07) is 2.05. The van der Waals surface area contributed by atoms with Crippen LogP contribution in [-0.2, 0) is 17.8 Å². The van der Waals surface area contributed by atoms with Crippen LogP contribution >= 0.6 is 0 Å². The third-order valence-electron chi connectivity index (χ3n) is 5.65. The highest BCUT2D eigenvalue weighted by Gasteiger charge is 2.44. The van der Waals surface area contributed by atoms with E-state index in [1.807, 2.05) is 24.8 Å². The van der Waals surface area contributed by atoms with Gasteiger partial charge in [-0.15, -0.1) is 0 Å². The summed E-state index contributed by atoms with van der Waals surface area (Å²) in [7, 11) is 1.61. The number of aromatic nitrogens is 1. The number of nitrogens with one attached hydrogen (secondary N) is 1. The van der Waals surface area contributed by atoms with E-state index in [0.717, 1.165) is 30.6 Å². The molecule has 4 rings (SSSR count). The molecule has 2 amide bonds. The average Bonchev–Trinajstić information content (AvgIpc) is 3.14. The van der Waals surface area contributed by atoms with Gasteiger partial charge in [-0.05, 0) is 39.3 Å². The van der Waals surface area contributed by atoms with E-state index in [1.54, 1.807) is 7.11 Å². The highest BCUT2D eigenvalue weighted by atomic mass is 16.6. The van der Waals surface area contributed by atoms with Crippen molar-refractivity contribution >= 4 is 12.0 Å². The summed E-state index contributed by atoms with van der Waals surface area (Å²) < 4.78 is 11.1. The molecule has 1 aromatic heterocycles. The number of amides is 2. The standard InChI is InChI=1S/C19H26N4O4/c1-12(2)23-9-15-14(17(23)24)7-13(16(21-15)26-3)8-22-6-4-5-19(11-22)10-20-18(25)27-19/h7,12H,4-6,8-11H2,1-3H3,(H,20,25)/t19-/m1/s1. The number of rotatable bonds is 4. The van der Waals surface area contributed by atoms with Crippen molar-refractivity contribution in [3.8, 4) is 5.88 Å². The van der Waals surface area contributed by atoms with Crippen molar-refractivity contribution in [3.05, 3.63) is 22.9 Å². The van der Waals surface area contributed by atoms with E-state index < -0.39 is 5.60 Å². The van der Waals surface area contributed by atoms with Gasteiger partial charge < -0.3 is 19.7 Å². The molecule has 4 heterocycles. The van der Waals surface area contributed by atoms with Gasteiger partial charge in [0.2, 0.25) is 5.88 Å². The fourth-order valence-electron chi connectivity index (χ4n) is 4.27. The molecule has 8 nitrogen and oxygen atoms in total. The van der Waals surface area contributed by atoms with Crippen molar-refractivity contribution in [3.63, 3.8) is 0 Å². The Morgan fingerprint density at radius 1 is 1.41 bits per heavy atom. The number of hydrogen-bond donors (Lipinski definition) is 1. The summed E-state index contributed by atoms with van der Waals surface area (Å²) >= 11 is 0. The summed E-state index contributed by atoms with van der Waals surface area (Å²) in [6.45, 7) is 7.26. The first-order valence-corrected chi connectivity index (χ1v) is 9.48. The third kappa shape index (κ3) is 3.22. The zero-order valence-corrected chi connectivity index (χ0v) is 16.1. The summed E-state index contributed by atoms with van der Waals surface area (Å²) in [5.74, 6) is 0.591. The van der Waals surface area contributed by atoms with Crippen molar-refractivity contribution in [2.45, 2.75) is 51.4 Å². The number of carbonyl (C=O) groups excluding carboxylic acids is 2. The largest absolute Gasteiger partial charge is 0.481 e. The molecule has 1 spiro atoms. The second-order valence-electron chi connectivity index (χ2n) is 7.92. The Kier molecular flexibility index (Phi) is 4.46. The van der Waals surface area contributed by atoms with E-state index in [2.05, 4.69) is 15.2 Å². The van der Waals surface area contributed by atoms with Crippen molar-refractivity contribution in [2.75, 3.05) is 26.7 Å². The Morgan fingerprint density at radius 2 is 2.22 bits per heavy atom. The fraction of sp³-hybridized carbons (Fsp3) is 0.632. The monoisotopic (exact) mass is 374 g/mol. The van der Waals surface area contributed by atoms with Gasteiger partial charge in [-0.25, -0.2) is 9.78 Å². The number of methoxy groups -OCH3 is 1. The first-order chi connectivity index (χ1) is 12.9. The lowest BCUT2D eigenvalue weighted by Crippen LogP contribution is -2.50. The van der Waals surface area contributed by atoms with Crippen LogP contribution in [0.5, 0.6) is 5.88 Å². The number of hydrogen-bond acceptors (Lipinski definition) is 6. The molecule has 8 heteroatoms. The van der Waals surface area contributed by atoms with Crippen molar-refractivity contribution in [1.29, 1.82) is 0 Å². The molecular formula is C19H26N4O4. The van der Waals surface area contributed by atoms with Crippen molar-refractivity contribution in [1.82, 2.24) is 20.1 Å². The number of alkyl carbamates (subject to hydrolysis) is 1. The van der Waals surface area contributed by atoms with E-state index in [4.69, 9.17) is 9.47 Å². The number of ether oxygens (including phenoxy) is 2. The predicted octanol–water partition coefficient (Wildman–Crippen LogP) is 1.53. The number of piperidine rings is 1. The minimum atomic E-state index is -0.447. The molecule has 1 aromatic rings. The molecule has 2 saturated heterocycles. The maximum Gasteiger partial charge on any atom is 0.407 e. The van der Waals surface area contributed by atoms with Crippen LogP contribution in [0.15, 0.2) is 6.07 Å².